The second kappa shape index (κ2) is 7.27. The number of nitrogens with two attached hydrogens (primary N) is 1. The van der Waals surface area contributed by atoms with Gasteiger partial charge in [-0.3, -0.25) is 0 Å². The Kier molecular flexibility index (Phi) is 5.36. The Balaban J connectivity index is 1.43. The van der Waals surface area contributed by atoms with Gasteiger partial charge in [-0.2, -0.15) is 0 Å². The summed E-state index contributed by atoms with van der Waals surface area (Å²) in [6.45, 7) is 5.31. The number of ether oxygens (including phenoxy) is 1. The highest BCUT2D eigenvalue weighted by molar-refractivity contribution is 5.03. The van der Waals surface area contributed by atoms with Crippen molar-refractivity contribution in [2.45, 2.75) is 78.1 Å². The molecule has 22 heavy (non-hydrogen) atoms. The Morgan fingerprint density at radius 1 is 0.818 bits per heavy atom. The first-order chi connectivity index (χ1) is 10.6. The molecule has 0 aromatic heterocycles. The molecule has 3 rings (SSSR count). The van der Waals surface area contributed by atoms with E-state index in [2.05, 4.69) is 6.92 Å². The van der Waals surface area contributed by atoms with E-state index in [1.807, 2.05) is 6.92 Å². The fourth-order valence-electron chi connectivity index (χ4n) is 5.21. The fraction of sp³-hybridized carbons (Fsp3) is 0.900. The molecule has 0 bridgehead atoms. The SMILES string of the molecule is C/C(N)=C1/CCC(C2CCC(C3CCC(C)CC3)CC2)CO1. The van der Waals surface area contributed by atoms with Crippen LogP contribution in [0, 0.1) is 29.6 Å². The third-order valence-electron chi connectivity index (χ3n) is 6.86. The summed E-state index contributed by atoms with van der Waals surface area (Å²) in [6.07, 6.45) is 14.2. The lowest BCUT2D eigenvalue weighted by Gasteiger charge is -2.40. The summed E-state index contributed by atoms with van der Waals surface area (Å²) in [7, 11) is 0. The van der Waals surface area contributed by atoms with Crippen LogP contribution in [0.4, 0.5) is 0 Å². The molecule has 1 saturated heterocycles. The summed E-state index contributed by atoms with van der Waals surface area (Å²) in [5, 5.41) is 0. The van der Waals surface area contributed by atoms with E-state index in [4.69, 9.17) is 10.5 Å². The first kappa shape index (κ1) is 16.2. The van der Waals surface area contributed by atoms with E-state index in [0.29, 0.717) is 0 Å². The van der Waals surface area contributed by atoms with Gasteiger partial charge in [-0.1, -0.05) is 19.8 Å². The summed E-state index contributed by atoms with van der Waals surface area (Å²) in [4.78, 5) is 0. The van der Waals surface area contributed by atoms with Crippen LogP contribution in [-0.4, -0.2) is 6.61 Å². The Morgan fingerprint density at radius 2 is 1.32 bits per heavy atom. The molecule has 0 spiro atoms. The van der Waals surface area contributed by atoms with Gasteiger partial charge in [0.25, 0.3) is 0 Å². The van der Waals surface area contributed by atoms with Crippen LogP contribution < -0.4 is 5.73 Å². The maximum atomic E-state index is 5.91. The second-order valence-corrected chi connectivity index (χ2v) is 8.41. The number of allylic oxidation sites excluding steroid dienone is 2. The Labute approximate surface area is 136 Å². The van der Waals surface area contributed by atoms with E-state index in [1.54, 1.807) is 0 Å². The van der Waals surface area contributed by atoms with Crippen LogP contribution >= 0.6 is 0 Å². The highest BCUT2D eigenvalue weighted by atomic mass is 16.5. The smallest absolute Gasteiger partial charge is 0.114 e. The normalized spacial score (nSPS) is 42.5. The van der Waals surface area contributed by atoms with Gasteiger partial charge in [0.2, 0.25) is 0 Å². The molecule has 2 saturated carbocycles. The van der Waals surface area contributed by atoms with Crippen molar-refractivity contribution >= 4 is 0 Å². The zero-order chi connectivity index (χ0) is 15.5. The van der Waals surface area contributed by atoms with Crippen molar-refractivity contribution in [3.63, 3.8) is 0 Å². The molecular formula is C20H35NO. The summed E-state index contributed by atoms with van der Waals surface area (Å²) in [6, 6.07) is 0. The van der Waals surface area contributed by atoms with Gasteiger partial charge >= 0.3 is 0 Å². The summed E-state index contributed by atoms with van der Waals surface area (Å²) < 4.78 is 5.91. The first-order valence-electron chi connectivity index (χ1n) is 9.71. The lowest BCUT2D eigenvalue weighted by Crippen LogP contribution is -2.31. The highest BCUT2D eigenvalue weighted by Gasteiger charge is 2.34. The molecular weight excluding hydrogens is 270 g/mol. The molecule has 3 aliphatic rings. The molecule has 0 amide bonds. The minimum atomic E-state index is 0.787. The number of hydrogen-bond donors (Lipinski definition) is 1. The summed E-state index contributed by atoms with van der Waals surface area (Å²) in [5.74, 6) is 5.83. The molecule has 2 nitrogen and oxygen atoms in total. The average Bonchev–Trinajstić information content (AvgIpc) is 2.56. The third kappa shape index (κ3) is 3.81. The Morgan fingerprint density at radius 3 is 1.77 bits per heavy atom. The average molecular weight is 306 g/mol. The molecule has 0 aromatic carbocycles. The Bertz CT molecular complexity index is 373. The van der Waals surface area contributed by atoms with Crippen molar-refractivity contribution in [3.8, 4) is 0 Å². The standard InChI is InChI=1S/C20H35NO/c1-14-3-5-16(6-4-14)17-7-9-18(10-8-17)19-11-12-20(15(2)21)22-13-19/h14,16-19H,3-13,21H2,1-2H3/b20-15+. The molecule has 1 atom stereocenters. The predicted octanol–water partition coefficient (Wildman–Crippen LogP) is 5.24. The molecule has 2 N–H and O–H groups in total. The van der Waals surface area contributed by atoms with Crippen molar-refractivity contribution in [3.05, 3.63) is 11.5 Å². The molecule has 3 fully saturated rings. The van der Waals surface area contributed by atoms with Crippen LogP contribution in [0.2, 0.25) is 0 Å². The highest BCUT2D eigenvalue weighted by Crippen LogP contribution is 2.44. The van der Waals surface area contributed by atoms with E-state index in [-0.39, 0.29) is 0 Å². The van der Waals surface area contributed by atoms with Crippen molar-refractivity contribution in [2.75, 3.05) is 6.61 Å². The lowest BCUT2D eigenvalue weighted by atomic mass is 9.67. The van der Waals surface area contributed by atoms with Crippen LogP contribution in [0.25, 0.3) is 0 Å². The first-order valence-corrected chi connectivity index (χ1v) is 9.71. The van der Waals surface area contributed by atoms with Gasteiger partial charge < -0.3 is 10.5 Å². The molecule has 1 unspecified atom stereocenters. The summed E-state index contributed by atoms with van der Waals surface area (Å²) in [5.41, 5.74) is 6.74. The van der Waals surface area contributed by atoms with Crippen molar-refractivity contribution < 1.29 is 4.74 Å². The summed E-state index contributed by atoms with van der Waals surface area (Å²) >= 11 is 0. The maximum absolute atomic E-state index is 5.91. The molecule has 2 heteroatoms. The third-order valence-corrected chi connectivity index (χ3v) is 6.86. The van der Waals surface area contributed by atoms with Gasteiger partial charge in [-0.05, 0) is 81.5 Å². The van der Waals surface area contributed by atoms with Crippen molar-refractivity contribution in [1.82, 2.24) is 0 Å². The van der Waals surface area contributed by atoms with Gasteiger partial charge in [0.05, 0.1) is 6.61 Å². The van der Waals surface area contributed by atoms with Crippen molar-refractivity contribution in [2.24, 2.45) is 35.3 Å². The van der Waals surface area contributed by atoms with Crippen molar-refractivity contribution in [1.29, 1.82) is 0 Å². The molecule has 0 radical (unpaired) electrons. The zero-order valence-corrected chi connectivity index (χ0v) is 14.7. The predicted molar refractivity (Wildman–Crippen MR) is 92.1 cm³/mol. The van der Waals surface area contributed by atoms with Crippen LogP contribution in [0.1, 0.15) is 78.1 Å². The van der Waals surface area contributed by atoms with E-state index >= 15 is 0 Å². The van der Waals surface area contributed by atoms with Crippen LogP contribution in [0.3, 0.4) is 0 Å². The van der Waals surface area contributed by atoms with E-state index < -0.39 is 0 Å². The zero-order valence-electron chi connectivity index (χ0n) is 14.7. The minimum absolute atomic E-state index is 0.787. The Hall–Kier alpha value is -0.660. The van der Waals surface area contributed by atoms with E-state index in [9.17, 15) is 0 Å². The maximum Gasteiger partial charge on any atom is 0.114 e. The van der Waals surface area contributed by atoms with Crippen LogP contribution in [0.5, 0.6) is 0 Å². The van der Waals surface area contributed by atoms with Crippen LogP contribution in [0.15, 0.2) is 11.5 Å². The number of hydrogen-bond acceptors (Lipinski definition) is 2. The monoisotopic (exact) mass is 305 g/mol. The molecule has 0 aromatic rings. The topological polar surface area (TPSA) is 35.2 Å². The molecule has 126 valence electrons. The lowest BCUT2D eigenvalue weighted by molar-refractivity contribution is 0.0506. The van der Waals surface area contributed by atoms with Gasteiger partial charge in [0.15, 0.2) is 0 Å². The van der Waals surface area contributed by atoms with Crippen LogP contribution in [-0.2, 0) is 4.74 Å². The van der Waals surface area contributed by atoms with Gasteiger partial charge in [0.1, 0.15) is 5.76 Å². The minimum Gasteiger partial charge on any atom is -0.496 e. The molecule has 2 aliphatic carbocycles. The molecule has 1 heterocycles. The fourth-order valence-corrected chi connectivity index (χ4v) is 5.21. The van der Waals surface area contributed by atoms with Gasteiger partial charge in [-0.25, -0.2) is 0 Å². The quantitative estimate of drug-likeness (QED) is 0.757. The van der Waals surface area contributed by atoms with E-state index in [0.717, 1.165) is 54.1 Å². The molecule has 1 aliphatic heterocycles. The number of rotatable bonds is 2. The van der Waals surface area contributed by atoms with Gasteiger partial charge in [-0.15, -0.1) is 0 Å². The second-order valence-electron chi connectivity index (χ2n) is 8.41. The van der Waals surface area contributed by atoms with E-state index in [1.165, 1.54) is 57.8 Å². The van der Waals surface area contributed by atoms with Gasteiger partial charge in [0, 0.05) is 12.1 Å². The largest absolute Gasteiger partial charge is 0.496 e.